The number of carbonyl (C=O) groups excluding carboxylic acids is 1. The van der Waals surface area contributed by atoms with E-state index in [1.54, 1.807) is 0 Å². The summed E-state index contributed by atoms with van der Waals surface area (Å²) in [5.74, 6) is 1.09. The Morgan fingerprint density at radius 2 is 2.09 bits per heavy atom. The van der Waals surface area contributed by atoms with E-state index >= 15 is 0 Å². The van der Waals surface area contributed by atoms with Gasteiger partial charge in [0.25, 0.3) is 0 Å². The second kappa shape index (κ2) is 10.00. The molecular weight excluding hydrogens is 422 g/mol. The first-order chi connectivity index (χ1) is 16.6. The van der Waals surface area contributed by atoms with Crippen LogP contribution in [0.25, 0.3) is 16.8 Å². The summed E-state index contributed by atoms with van der Waals surface area (Å²) in [5, 5.41) is 8.03. The normalized spacial score (nSPS) is 18.7. The first-order valence-corrected chi connectivity index (χ1v) is 12.7. The van der Waals surface area contributed by atoms with Gasteiger partial charge in [0, 0.05) is 37.6 Å². The predicted octanol–water partition coefficient (Wildman–Crippen LogP) is 5.24. The summed E-state index contributed by atoms with van der Waals surface area (Å²) >= 11 is 0. The zero-order valence-corrected chi connectivity index (χ0v) is 20.4. The van der Waals surface area contributed by atoms with Crippen LogP contribution in [-0.2, 0) is 4.79 Å². The minimum Gasteiger partial charge on any atom is -0.355 e. The van der Waals surface area contributed by atoms with Crippen molar-refractivity contribution in [3.05, 3.63) is 59.4 Å². The van der Waals surface area contributed by atoms with Crippen molar-refractivity contribution >= 4 is 17.2 Å². The van der Waals surface area contributed by atoms with Gasteiger partial charge in [0.2, 0.25) is 5.91 Å². The lowest BCUT2D eigenvalue weighted by Crippen LogP contribution is -2.43. The van der Waals surface area contributed by atoms with Gasteiger partial charge in [0.1, 0.15) is 5.52 Å². The Kier molecular flexibility index (Phi) is 6.66. The summed E-state index contributed by atoms with van der Waals surface area (Å²) in [6.45, 7) is 6.60. The number of benzene rings is 1. The number of allylic oxidation sites excluding steroid dienone is 1. The minimum atomic E-state index is -0.00197. The molecule has 1 amide bonds. The molecular formula is C28H35N5O. The third-order valence-electron chi connectivity index (χ3n) is 7.25. The third kappa shape index (κ3) is 4.86. The van der Waals surface area contributed by atoms with Crippen LogP contribution >= 0.6 is 0 Å². The average Bonchev–Trinajstić information content (AvgIpc) is 3.29. The van der Waals surface area contributed by atoms with E-state index in [9.17, 15) is 4.79 Å². The molecule has 0 radical (unpaired) electrons. The molecule has 178 valence electrons. The molecule has 1 fully saturated rings. The van der Waals surface area contributed by atoms with Gasteiger partial charge < -0.3 is 10.2 Å². The zero-order chi connectivity index (χ0) is 23.5. The number of fused-ring (bicyclic) bond motifs is 1. The molecule has 6 heteroatoms. The second-order valence-electron chi connectivity index (χ2n) is 9.86. The highest BCUT2D eigenvalue weighted by Crippen LogP contribution is 2.30. The summed E-state index contributed by atoms with van der Waals surface area (Å²) in [5.41, 5.74) is 7.06. The van der Waals surface area contributed by atoms with Gasteiger partial charge in [-0.15, -0.1) is 0 Å². The number of carbonyl (C=O) groups is 1. The SMILES string of the molecule is Cc1ccc(-c2cc3c(N4CCC[C@@H](C(=O)NCCC5=CCCCC5)C4)nccn3n2)c(C)c1. The summed E-state index contributed by atoms with van der Waals surface area (Å²) in [6, 6.07) is 8.59. The van der Waals surface area contributed by atoms with Crippen molar-refractivity contribution in [3.8, 4) is 11.3 Å². The van der Waals surface area contributed by atoms with Gasteiger partial charge >= 0.3 is 0 Å². The predicted molar refractivity (Wildman–Crippen MR) is 137 cm³/mol. The Balaban J connectivity index is 1.29. The summed E-state index contributed by atoms with van der Waals surface area (Å²) in [4.78, 5) is 19.9. The van der Waals surface area contributed by atoms with E-state index in [1.165, 1.54) is 42.4 Å². The van der Waals surface area contributed by atoms with E-state index in [2.05, 4.69) is 54.4 Å². The lowest BCUT2D eigenvalue weighted by atomic mass is 9.96. The molecule has 3 heterocycles. The van der Waals surface area contributed by atoms with Gasteiger partial charge in [-0.2, -0.15) is 5.10 Å². The first-order valence-electron chi connectivity index (χ1n) is 12.7. The molecule has 0 saturated carbocycles. The molecule has 2 aliphatic rings. The highest BCUT2D eigenvalue weighted by atomic mass is 16.1. The number of aromatic nitrogens is 3. The van der Waals surface area contributed by atoms with Crippen molar-refractivity contribution in [2.24, 2.45) is 5.92 Å². The zero-order valence-electron chi connectivity index (χ0n) is 20.4. The van der Waals surface area contributed by atoms with Gasteiger partial charge in [0.05, 0.1) is 11.6 Å². The van der Waals surface area contributed by atoms with Crippen LogP contribution in [0.3, 0.4) is 0 Å². The maximum absolute atomic E-state index is 12.9. The van der Waals surface area contributed by atoms with Crippen LogP contribution in [0.2, 0.25) is 0 Å². The van der Waals surface area contributed by atoms with E-state index in [4.69, 9.17) is 10.1 Å². The van der Waals surface area contributed by atoms with Crippen molar-refractivity contribution in [1.82, 2.24) is 19.9 Å². The molecule has 3 aromatic rings. The Morgan fingerprint density at radius 1 is 1.18 bits per heavy atom. The van der Waals surface area contributed by atoms with Crippen molar-refractivity contribution in [3.63, 3.8) is 0 Å². The number of hydrogen-bond donors (Lipinski definition) is 1. The van der Waals surface area contributed by atoms with Crippen LogP contribution in [0.4, 0.5) is 5.82 Å². The van der Waals surface area contributed by atoms with E-state index < -0.39 is 0 Å². The molecule has 1 N–H and O–H groups in total. The van der Waals surface area contributed by atoms with E-state index in [1.807, 2.05) is 16.9 Å². The molecule has 0 bridgehead atoms. The molecule has 1 aliphatic heterocycles. The summed E-state index contributed by atoms with van der Waals surface area (Å²) < 4.78 is 1.92. The van der Waals surface area contributed by atoms with Crippen molar-refractivity contribution in [1.29, 1.82) is 0 Å². The highest BCUT2D eigenvalue weighted by molar-refractivity contribution is 5.81. The number of hydrogen-bond acceptors (Lipinski definition) is 4. The summed E-state index contributed by atoms with van der Waals surface area (Å²) in [6.07, 6.45) is 14.0. The van der Waals surface area contributed by atoms with Crippen LogP contribution < -0.4 is 10.2 Å². The number of piperidine rings is 1. The van der Waals surface area contributed by atoms with Gasteiger partial charge in [-0.1, -0.05) is 35.4 Å². The average molecular weight is 458 g/mol. The van der Waals surface area contributed by atoms with Gasteiger partial charge in [0.15, 0.2) is 5.82 Å². The molecule has 0 unspecified atom stereocenters. The number of amides is 1. The van der Waals surface area contributed by atoms with E-state index in [-0.39, 0.29) is 11.8 Å². The molecule has 1 aromatic carbocycles. The van der Waals surface area contributed by atoms with Crippen LogP contribution in [0, 0.1) is 19.8 Å². The van der Waals surface area contributed by atoms with Gasteiger partial charge in [-0.05, 0) is 70.4 Å². The quantitative estimate of drug-likeness (QED) is 0.515. The fourth-order valence-corrected chi connectivity index (χ4v) is 5.39. The maximum Gasteiger partial charge on any atom is 0.224 e. The molecule has 2 aromatic heterocycles. The Labute approximate surface area is 202 Å². The molecule has 0 spiro atoms. The fourth-order valence-electron chi connectivity index (χ4n) is 5.39. The number of nitrogens with one attached hydrogen (secondary N) is 1. The van der Waals surface area contributed by atoms with Gasteiger partial charge in [-0.25, -0.2) is 9.50 Å². The number of nitrogens with zero attached hydrogens (tertiary/aromatic N) is 4. The second-order valence-corrected chi connectivity index (χ2v) is 9.86. The lowest BCUT2D eigenvalue weighted by Gasteiger charge is -2.33. The smallest absolute Gasteiger partial charge is 0.224 e. The Hall–Kier alpha value is -3.15. The summed E-state index contributed by atoms with van der Waals surface area (Å²) in [7, 11) is 0. The molecule has 1 atom stereocenters. The molecule has 6 nitrogen and oxygen atoms in total. The lowest BCUT2D eigenvalue weighted by molar-refractivity contribution is -0.125. The minimum absolute atomic E-state index is 0.00197. The molecule has 1 aliphatic carbocycles. The van der Waals surface area contributed by atoms with E-state index in [0.29, 0.717) is 6.54 Å². The topological polar surface area (TPSA) is 62.5 Å². The van der Waals surface area contributed by atoms with Crippen LogP contribution in [0.15, 0.2) is 48.3 Å². The molecule has 1 saturated heterocycles. The van der Waals surface area contributed by atoms with Gasteiger partial charge in [-0.3, -0.25) is 4.79 Å². The van der Waals surface area contributed by atoms with Crippen LogP contribution in [0.5, 0.6) is 0 Å². The van der Waals surface area contributed by atoms with Crippen molar-refractivity contribution in [2.75, 3.05) is 24.5 Å². The van der Waals surface area contributed by atoms with Crippen LogP contribution in [0.1, 0.15) is 56.1 Å². The fraction of sp³-hybridized carbons (Fsp3) is 0.464. The standard InChI is InChI=1S/C28H35N5O/c1-20-10-11-24(21(2)17-20)25-18-26-27(29-14-16-33(26)31-25)32-15-6-9-23(19-32)28(34)30-13-12-22-7-4-3-5-8-22/h7,10-11,14,16-18,23H,3-6,8-9,12-13,15,19H2,1-2H3,(H,30,34)/t23-/m1/s1. The highest BCUT2D eigenvalue weighted by Gasteiger charge is 2.27. The van der Waals surface area contributed by atoms with Crippen LogP contribution in [-0.4, -0.2) is 40.1 Å². The van der Waals surface area contributed by atoms with Crippen molar-refractivity contribution in [2.45, 2.75) is 58.8 Å². The van der Waals surface area contributed by atoms with Crippen molar-refractivity contribution < 1.29 is 4.79 Å². The monoisotopic (exact) mass is 457 g/mol. The maximum atomic E-state index is 12.9. The number of rotatable bonds is 6. The largest absolute Gasteiger partial charge is 0.355 e. The number of anilines is 1. The van der Waals surface area contributed by atoms with E-state index in [0.717, 1.165) is 54.9 Å². The third-order valence-corrected chi connectivity index (χ3v) is 7.25. The Bertz CT molecular complexity index is 1210. The number of aryl methyl sites for hydroxylation is 2. The molecule has 5 rings (SSSR count). The first kappa shape index (κ1) is 22.6. The molecule has 34 heavy (non-hydrogen) atoms. The Morgan fingerprint density at radius 3 is 2.91 bits per heavy atom.